The molecule has 2 amide bonds. The number of aliphatic hydroxyl groups is 1. The van der Waals surface area contributed by atoms with Crippen LogP contribution in [0.1, 0.15) is 33.1 Å². The number of fused-ring (bicyclic) bond motifs is 1. The van der Waals surface area contributed by atoms with Gasteiger partial charge < -0.3 is 15.0 Å². The molecule has 3 rings (SSSR count). The van der Waals surface area contributed by atoms with Crippen LogP contribution in [-0.2, 0) is 4.79 Å². The van der Waals surface area contributed by atoms with E-state index in [9.17, 15) is 19.8 Å². The third-order valence-electron chi connectivity index (χ3n) is 5.63. The number of quaternary nitrogens is 1. The summed E-state index contributed by atoms with van der Waals surface area (Å²) < 4.78 is -0.722. The predicted molar refractivity (Wildman–Crippen MR) is 84.3 cm³/mol. The fraction of sp³-hybridized carbons (Fsp3) is 0.750. The second kappa shape index (κ2) is 6.94. The number of rotatable bonds is 3. The van der Waals surface area contributed by atoms with Crippen molar-refractivity contribution in [3.63, 3.8) is 0 Å². The van der Waals surface area contributed by atoms with E-state index in [0.717, 1.165) is 18.7 Å². The van der Waals surface area contributed by atoms with Gasteiger partial charge in [0.05, 0.1) is 6.10 Å². The van der Waals surface area contributed by atoms with Crippen molar-refractivity contribution in [2.24, 2.45) is 11.8 Å². The quantitative estimate of drug-likeness (QED) is 0.425. The first kappa shape index (κ1) is 19.1. The molecule has 1 N–H and O–H groups in total. The van der Waals surface area contributed by atoms with E-state index in [-0.39, 0.29) is 35.5 Å². The number of carbonyl (C=O) groups excluding carboxylic acids is 2. The predicted octanol–water partition coefficient (Wildman–Crippen LogP) is -0.577. The minimum atomic E-state index is -1.37. The molecule has 3 heterocycles. The number of β-lactam (4-membered cyclic amide) rings is 1. The van der Waals surface area contributed by atoms with E-state index in [1.165, 1.54) is 19.3 Å². The molecule has 2 fully saturated rings. The summed E-state index contributed by atoms with van der Waals surface area (Å²) in [6.07, 6.45) is 2.97. The maximum absolute atomic E-state index is 12.4. The molecule has 2 saturated heterocycles. The van der Waals surface area contributed by atoms with E-state index in [1.807, 2.05) is 6.92 Å². The number of carboxylic acid groups (broad SMARTS) is 1. The van der Waals surface area contributed by atoms with Gasteiger partial charge in [-0.15, -0.1) is 0 Å². The summed E-state index contributed by atoms with van der Waals surface area (Å²) >= 11 is 0. The summed E-state index contributed by atoms with van der Waals surface area (Å²) in [6, 6.07) is -0.419. The molecule has 124 valence electrons. The van der Waals surface area contributed by atoms with Crippen LogP contribution in [0.5, 0.6) is 0 Å². The first-order chi connectivity index (χ1) is 10.4. The molecule has 0 saturated carbocycles. The topological polar surface area (TPSA) is 80.7 Å². The molecule has 0 aromatic carbocycles. The average molecular weight is 332 g/mol. The number of piperidine rings is 1. The van der Waals surface area contributed by atoms with Gasteiger partial charge in [0.2, 0.25) is 0 Å². The third-order valence-corrected chi connectivity index (χ3v) is 5.63. The SMILES string of the molecule is CC(O)[C@H]1C(=O)[N+]2(C(=O)[O-])C=C(CN3CCCCC3)[C@H](C)[C@@H]12.[NaH]. The number of likely N-dealkylation sites (tertiary alicyclic amines) is 1. The van der Waals surface area contributed by atoms with Crippen molar-refractivity contribution in [3.05, 3.63) is 11.8 Å². The fourth-order valence-corrected chi connectivity index (χ4v) is 4.44. The standard InChI is InChI=1S/C16H24N2O4.Na.H/c1-10-12(8-17-6-4-3-5-7-17)9-18(16(21)22)14(10)13(11(2)19)15(18)20;;/h9-11,13-14,19H,3-8H2,1-2H3;;/t10-,11?,13+,14-,18?;;/m0../s1. The van der Waals surface area contributed by atoms with Crippen molar-refractivity contribution < 1.29 is 24.3 Å². The molecular weight excluding hydrogens is 307 g/mol. The van der Waals surface area contributed by atoms with Gasteiger partial charge in [0.15, 0.2) is 5.92 Å². The van der Waals surface area contributed by atoms with Crippen molar-refractivity contribution in [2.75, 3.05) is 19.6 Å². The van der Waals surface area contributed by atoms with Crippen molar-refractivity contribution in [1.29, 1.82) is 0 Å². The molecule has 0 bridgehead atoms. The van der Waals surface area contributed by atoms with Gasteiger partial charge in [-0.3, -0.25) is 4.90 Å². The van der Waals surface area contributed by atoms with Crippen LogP contribution < -0.4 is 5.11 Å². The molecular formula is C16H25N2NaO4. The minimum absolute atomic E-state index is 0. The van der Waals surface area contributed by atoms with Gasteiger partial charge in [-0.1, -0.05) is 13.3 Å². The monoisotopic (exact) mass is 332 g/mol. The van der Waals surface area contributed by atoms with E-state index in [2.05, 4.69) is 4.90 Å². The Morgan fingerprint density at radius 2 is 2.04 bits per heavy atom. The molecule has 3 aliphatic heterocycles. The Kier molecular flexibility index (Phi) is 5.76. The number of nitrogens with zero attached hydrogens (tertiary/aromatic N) is 2. The van der Waals surface area contributed by atoms with Crippen LogP contribution in [0, 0.1) is 11.8 Å². The molecule has 7 heteroatoms. The summed E-state index contributed by atoms with van der Waals surface area (Å²) in [7, 11) is 0. The number of imide groups is 1. The maximum atomic E-state index is 12.4. The van der Waals surface area contributed by atoms with Crippen LogP contribution in [0.4, 0.5) is 4.79 Å². The molecule has 23 heavy (non-hydrogen) atoms. The molecule has 0 spiro atoms. The second-order valence-electron chi connectivity index (χ2n) is 6.97. The molecule has 2 unspecified atom stereocenters. The summed E-state index contributed by atoms with van der Waals surface area (Å²) in [5, 5.41) is 21.5. The number of hydrogen-bond acceptors (Lipinski definition) is 5. The van der Waals surface area contributed by atoms with Crippen molar-refractivity contribution >= 4 is 41.6 Å². The van der Waals surface area contributed by atoms with Gasteiger partial charge in [-0.05, 0) is 32.9 Å². The van der Waals surface area contributed by atoms with E-state index < -0.39 is 34.5 Å². The van der Waals surface area contributed by atoms with E-state index in [4.69, 9.17) is 0 Å². The fourth-order valence-electron chi connectivity index (χ4n) is 4.44. The van der Waals surface area contributed by atoms with Crippen molar-refractivity contribution in [2.45, 2.75) is 45.3 Å². The van der Waals surface area contributed by atoms with Gasteiger partial charge in [-0.25, -0.2) is 4.79 Å². The summed E-state index contributed by atoms with van der Waals surface area (Å²) in [6.45, 7) is 6.28. The molecule has 0 aliphatic carbocycles. The Morgan fingerprint density at radius 1 is 1.43 bits per heavy atom. The number of carbonyl (C=O) groups is 2. The first-order valence-electron chi connectivity index (χ1n) is 8.16. The number of aliphatic hydroxyl groups excluding tert-OH is 1. The van der Waals surface area contributed by atoms with Crippen LogP contribution in [0.2, 0.25) is 0 Å². The number of amides is 2. The molecule has 0 aromatic rings. The van der Waals surface area contributed by atoms with E-state index in [1.54, 1.807) is 13.1 Å². The third kappa shape index (κ3) is 2.83. The van der Waals surface area contributed by atoms with Crippen LogP contribution in [0.15, 0.2) is 11.8 Å². The second-order valence-corrected chi connectivity index (χ2v) is 6.97. The molecule has 0 aromatic heterocycles. The van der Waals surface area contributed by atoms with Crippen LogP contribution in [0.3, 0.4) is 0 Å². The van der Waals surface area contributed by atoms with Crippen LogP contribution in [-0.4, -0.2) is 87.8 Å². The zero-order valence-corrected chi connectivity index (χ0v) is 13.2. The zero-order chi connectivity index (χ0) is 16.1. The van der Waals surface area contributed by atoms with Crippen LogP contribution >= 0.6 is 0 Å². The van der Waals surface area contributed by atoms with Gasteiger partial charge in [0, 0.05) is 18.0 Å². The summed E-state index contributed by atoms with van der Waals surface area (Å²) in [5.41, 5.74) is 0.993. The Hall–Kier alpha value is -0.240. The van der Waals surface area contributed by atoms with Gasteiger partial charge in [-0.2, -0.15) is 4.48 Å². The normalized spacial score (nSPS) is 38.1. The van der Waals surface area contributed by atoms with Crippen molar-refractivity contribution in [1.82, 2.24) is 4.90 Å². The Balaban J connectivity index is 0.00000192. The summed E-state index contributed by atoms with van der Waals surface area (Å²) in [4.78, 5) is 26.3. The van der Waals surface area contributed by atoms with Gasteiger partial charge in [0.1, 0.15) is 12.2 Å². The molecule has 3 aliphatic rings. The first-order valence-corrected chi connectivity index (χ1v) is 8.16. The van der Waals surface area contributed by atoms with E-state index >= 15 is 0 Å². The van der Waals surface area contributed by atoms with Crippen LogP contribution in [0.25, 0.3) is 0 Å². The Labute approximate surface area is 159 Å². The zero-order valence-electron chi connectivity index (χ0n) is 13.2. The molecule has 0 radical (unpaired) electrons. The summed E-state index contributed by atoms with van der Waals surface area (Å²) in [5.74, 6) is -1.08. The Morgan fingerprint density at radius 3 is 2.57 bits per heavy atom. The van der Waals surface area contributed by atoms with Crippen molar-refractivity contribution in [3.8, 4) is 0 Å². The number of hydrogen-bond donors (Lipinski definition) is 1. The average Bonchev–Trinajstić information content (AvgIpc) is 2.71. The van der Waals surface area contributed by atoms with Gasteiger partial charge in [0.25, 0.3) is 6.09 Å². The molecule has 5 atom stereocenters. The Bertz CT molecular complexity index is 530. The van der Waals surface area contributed by atoms with Gasteiger partial charge >= 0.3 is 35.5 Å². The molecule has 6 nitrogen and oxygen atoms in total. The van der Waals surface area contributed by atoms with E-state index in [0.29, 0.717) is 6.54 Å².